The van der Waals surface area contributed by atoms with Crippen molar-refractivity contribution in [3.63, 3.8) is 0 Å². The molecule has 1 rings (SSSR count). The highest BCUT2D eigenvalue weighted by atomic mass is 16.6. The highest BCUT2D eigenvalue weighted by molar-refractivity contribution is 5.85. The van der Waals surface area contributed by atoms with Crippen molar-refractivity contribution >= 4 is 12.1 Å². The SMILES string of the molecule is CC(C)(C)OC(=O)NC1(C(=O)O)COC1. The van der Waals surface area contributed by atoms with Crippen LogP contribution in [0.3, 0.4) is 0 Å². The Morgan fingerprint density at radius 2 is 1.93 bits per heavy atom. The Morgan fingerprint density at radius 1 is 1.40 bits per heavy atom. The maximum absolute atomic E-state index is 11.3. The molecule has 0 saturated carbocycles. The van der Waals surface area contributed by atoms with E-state index in [1.54, 1.807) is 20.8 Å². The van der Waals surface area contributed by atoms with E-state index in [2.05, 4.69) is 5.32 Å². The number of hydrogen-bond donors (Lipinski definition) is 2. The van der Waals surface area contributed by atoms with Crippen LogP contribution in [-0.2, 0) is 14.3 Å². The summed E-state index contributed by atoms with van der Waals surface area (Å²) in [4.78, 5) is 22.2. The summed E-state index contributed by atoms with van der Waals surface area (Å²) in [5.41, 5.74) is -1.96. The van der Waals surface area contributed by atoms with Crippen molar-refractivity contribution in [2.75, 3.05) is 13.2 Å². The second-order valence-corrected chi connectivity index (χ2v) is 4.51. The number of aliphatic carboxylic acids is 1. The molecule has 0 aliphatic carbocycles. The van der Waals surface area contributed by atoms with Gasteiger partial charge in [0.05, 0.1) is 13.2 Å². The molecule has 0 aromatic carbocycles. The molecule has 86 valence electrons. The van der Waals surface area contributed by atoms with Gasteiger partial charge in [-0.1, -0.05) is 0 Å². The number of carboxylic acids is 1. The number of amides is 1. The summed E-state index contributed by atoms with van der Waals surface area (Å²) in [6, 6.07) is 0. The summed E-state index contributed by atoms with van der Waals surface area (Å²) in [7, 11) is 0. The Bertz CT molecular complexity index is 277. The third-order valence-electron chi connectivity index (χ3n) is 1.85. The Kier molecular flexibility index (Phi) is 2.90. The van der Waals surface area contributed by atoms with Gasteiger partial charge in [0.1, 0.15) is 5.60 Å². The Balaban J connectivity index is 2.54. The molecule has 1 heterocycles. The molecule has 0 radical (unpaired) electrons. The zero-order valence-electron chi connectivity index (χ0n) is 8.99. The fourth-order valence-corrected chi connectivity index (χ4v) is 1.05. The van der Waals surface area contributed by atoms with Crippen LogP contribution < -0.4 is 5.32 Å². The Labute approximate surface area is 87.5 Å². The molecule has 6 heteroatoms. The van der Waals surface area contributed by atoms with Gasteiger partial charge in [-0.15, -0.1) is 0 Å². The van der Waals surface area contributed by atoms with E-state index >= 15 is 0 Å². The van der Waals surface area contributed by atoms with Crippen LogP contribution in [0.4, 0.5) is 4.79 Å². The van der Waals surface area contributed by atoms with Gasteiger partial charge in [0.2, 0.25) is 0 Å². The Morgan fingerprint density at radius 3 is 2.20 bits per heavy atom. The molecule has 6 nitrogen and oxygen atoms in total. The molecule has 1 amide bonds. The van der Waals surface area contributed by atoms with Gasteiger partial charge in [0, 0.05) is 0 Å². The average Bonchev–Trinajstić information content (AvgIpc) is 1.92. The smallest absolute Gasteiger partial charge is 0.408 e. The van der Waals surface area contributed by atoms with Crippen LogP contribution in [0.25, 0.3) is 0 Å². The minimum atomic E-state index is -1.32. The summed E-state index contributed by atoms with van der Waals surface area (Å²) in [5, 5.41) is 11.2. The topological polar surface area (TPSA) is 84.9 Å². The van der Waals surface area contributed by atoms with Gasteiger partial charge in [-0.25, -0.2) is 9.59 Å². The number of alkyl carbamates (subject to hydrolysis) is 1. The lowest BCUT2D eigenvalue weighted by molar-refractivity contribution is -0.165. The molecule has 1 aliphatic heterocycles. The van der Waals surface area contributed by atoms with Gasteiger partial charge in [0.15, 0.2) is 5.54 Å². The van der Waals surface area contributed by atoms with Crippen LogP contribution in [0, 0.1) is 0 Å². The van der Waals surface area contributed by atoms with E-state index < -0.39 is 23.2 Å². The molecule has 15 heavy (non-hydrogen) atoms. The Hall–Kier alpha value is -1.30. The van der Waals surface area contributed by atoms with Gasteiger partial charge in [0.25, 0.3) is 0 Å². The molecule has 0 bridgehead atoms. The standard InChI is InChI=1S/C9H15NO5/c1-8(2,3)15-7(13)10-9(6(11)12)4-14-5-9/h4-5H2,1-3H3,(H,10,13)(H,11,12). The first-order valence-corrected chi connectivity index (χ1v) is 4.57. The van der Waals surface area contributed by atoms with E-state index in [1.807, 2.05) is 0 Å². The van der Waals surface area contributed by atoms with E-state index in [1.165, 1.54) is 0 Å². The third kappa shape index (κ3) is 2.82. The van der Waals surface area contributed by atoms with Crippen LogP contribution in [0.15, 0.2) is 0 Å². The van der Waals surface area contributed by atoms with Crippen molar-refractivity contribution in [3.05, 3.63) is 0 Å². The zero-order chi connectivity index (χ0) is 11.7. The van der Waals surface area contributed by atoms with Crippen LogP contribution in [0.1, 0.15) is 20.8 Å². The largest absolute Gasteiger partial charge is 0.479 e. The van der Waals surface area contributed by atoms with Crippen molar-refractivity contribution in [2.45, 2.75) is 31.9 Å². The molecule has 0 unspecified atom stereocenters. The predicted molar refractivity (Wildman–Crippen MR) is 50.6 cm³/mol. The van der Waals surface area contributed by atoms with Crippen molar-refractivity contribution < 1.29 is 24.2 Å². The lowest BCUT2D eigenvalue weighted by Gasteiger charge is -2.38. The number of nitrogens with one attached hydrogen (secondary N) is 1. The number of ether oxygens (including phenoxy) is 2. The average molecular weight is 217 g/mol. The molecule has 0 aromatic heterocycles. The highest BCUT2D eigenvalue weighted by Crippen LogP contribution is 2.18. The van der Waals surface area contributed by atoms with Gasteiger partial charge in [-0.2, -0.15) is 0 Å². The lowest BCUT2D eigenvalue weighted by Crippen LogP contribution is -2.67. The molecular weight excluding hydrogens is 202 g/mol. The predicted octanol–water partition coefficient (Wildman–Crippen LogP) is 0.365. The first kappa shape index (κ1) is 11.8. The fraction of sp³-hybridized carbons (Fsp3) is 0.778. The number of carboxylic acid groups (broad SMARTS) is 1. The lowest BCUT2D eigenvalue weighted by atomic mass is 9.98. The van der Waals surface area contributed by atoms with E-state index in [9.17, 15) is 9.59 Å². The minimum absolute atomic E-state index is 0.0262. The maximum atomic E-state index is 11.3. The van der Waals surface area contributed by atoms with Crippen LogP contribution in [0.2, 0.25) is 0 Å². The molecule has 0 aromatic rings. The van der Waals surface area contributed by atoms with E-state index in [4.69, 9.17) is 14.6 Å². The molecule has 0 spiro atoms. The zero-order valence-corrected chi connectivity index (χ0v) is 8.99. The third-order valence-corrected chi connectivity index (χ3v) is 1.85. The summed E-state index contributed by atoms with van der Waals surface area (Å²) in [6.07, 6.45) is -0.742. The summed E-state index contributed by atoms with van der Waals surface area (Å²) in [6.45, 7) is 5.06. The normalized spacial score (nSPS) is 18.9. The molecule has 1 fully saturated rings. The molecule has 2 N–H and O–H groups in total. The van der Waals surface area contributed by atoms with Gasteiger partial charge in [-0.3, -0.25) is 0 Å². The number of hydrogen-bond acceptors (Lipinski definition) is 4. The maximum Gasteiger partial charge on any atom is 0.408 e. The van der Waals surface area contributed by atoms with Gasteiger partial charge in [-0.05, 0) is 20.8 Å². The van der Waals surface area contributed by atoms with Crippen LogP contribution in [-0.4, -0.2) is 41.5 Å². The highest BCUT2D eigenvalue weighted by Gasteiger charge is 2.48. The first-order chi connectivity index (χ1) is 6.75. The van der Waals surface area contributed by atoms with E-state index in [0.29, 0.717) is 0 Å². The fourth-order valence-electron chi connectivity index (χ4n) is 1.05. The number of rotatable bonds is 2. The van der Waals surface area contributed by atoms with E-state index in [-0.39, 0.29) is 13.2 Å². The first-order valence-electron chi connectivity index (χ1n) is 4.57. The molecule has 1 saturated heterocycles. The summed E-state index contributed by atoms with van der Waals surface area (Å²) >= 11 is 0. The van der Waals surface area contributed by atoms with Crippen LogP contribution in [0.5, 0.6) is 0 Å². The van der Waals surface area contributed by atoms with Crippen LogP contribution >= 0.6 is 0 Å². The molecule has 1 aliphatic rings. The minimum Gasteiger partial charge on any atom is -0.479 e. The van der Waals surface area contributed by atoms with Crippen molar-refractivity contribution in [2.24, 2.45) is 0 Å². The van der Waals surface area contributed by atoms with E-state index in [0.717, 1.165) is 0 Å². The number of carbonyl (C=O) groups excluding carboxylic acids is 1. The summed E-state index contributed by atoms with van der Waals surface area (Å²) < 4.78 is 9.73. The quantitative estimate of drug-likeness (QED) is 0.697. The molecule has 0 atom stereocenters. The second-order valence-electron chi connectivity index (χ2n) is 4.51. The van der Waals surface area contributed by atoms with Crippen molar-refractivity contribution in [1.29, 1.82) is 0 Å². The second kappa shape index (κ2) is 3.69. The van der Waals surface area contributed by atoms with Crippen molar-refractivity contribution in [3.8, 4) is 0 Å². The number of carbonyl (C=O) groups is 2. The monoisotopic (exact) mass is 217 g/mol. The van der Waals surface area contributed by atoms with Gasteiger partial charge < -0.3 is 19.9 Å². The molecular formula is C9H15NO5. The summed E-state index contributed by atoms with van der Waals surface area (Å²) in [5.74, 6) is -1.11. The van der Waals surface area contributed by atoms with Crippen molar-refractivity contribution in [1.82, 2.24) is 5.32 Å². The van der Waals surface area contributed by atoms with Gasteiger partial charge >= 0.3 is 12.1 Å².